The van der Waals surface area contributed by atoms with Crippen LogP contribution in [0.1, 0.15) is 27.8 Å². The van der Waals surface area contributed by atoms with Crippen LogP contribution in [0.5, 0.6) is 0 Å². The molecule has 0 atom stereocenters. The summed E-state index contributed by atoms with van der Waals surface area (Å²) in [5.41, 5.74) is 4.82. The largest absolute Gasteiger partial charge is 0.416 e. The molecule has 0 radical (unpaired) electrons. The van der Waals surface area contributed by atoms with Crippen molar-refractivity contribution in [3.63, 3.8) is 0 Å². The highest BCUT2D eigenvalue weighted by Crippen LogP contribution is 2.46. The van der Waals surface area contributed by atoms with E-state index in [9.17, 15) is 0 Å². The van der Waals surface area contributed by atoms with Gasteiger partial charge >= 0.3 is 6.18 Å². The van der Waals surface area contributed by atoms with Crippen molar-refractivity contribution in [2.24, 2.45) is 0 Å². The zero-order chi connectivity index (χ0) is 33.6. The van der Waals surface area contributed by atoms with Crippen LogP contribution < -0.4 is 0 Å². The third-order valence-electron chi connectivity index (χ3n) is 9.28. The Labute approximate surface area is 273 Å². The molecule has 8 aromatic rings. The first-order chi connectivity index (χ1) is 22.9. The fraction of sp³-hybridized carbons (Fsp3) is 0.122. The second-order valence-corrected chi connectivity index (χ2v) is 12.7. The van der Waals surface area contributed by atoms with E-state index in [0.717, 1.165) is 68.1 Å². The van der Waals surface area contributed by atoms with Crippen LogP contribution in [-0.4, -0.2) is 9.13 Å². The first-order valence-corrected chi connectivity index (χ1v) is 15.6. The van der Waals surface area contributed by atoms with Crippen molar-refractivity contribution in [1.29, 1.82) is 0 Å². The van der Waals surface area contributed by atoms with Crippen LogP contribution in [0, 0.1) is 39.3 Å². The van der Waals surface area contributed by atoms with Crippen LogP contribution in [0.25, 0.3) is 66.1 Å². The molecule has 0 fully saturated rings. The fourth-order valence-electron chi connectivity index (χ4n) is 7.12. The van der Waals surface area contributed by atoms with Crippen LogP contribution in [0.15, 0.2) is 103 Å². The van der Waals surface area contributed by atoms with Gasteiger partial charge in [0.2, 0.25) is 0 Å². The maximum absolute atomic E-state index is 16.1. The molecule has 0 N–H and O–H groups in total. The van der Waals surface area contributed by atoms with Gasteiger partial charge in [-0.2, -0.15) is 13.2 Å². The second kappa shape index (κ2) is 10.5. The van der Waals surface area contributed by atoms with Gasteiger partial charge in [0, 0.05) is 27.1 Å². The summed E-state index contributed by atoms with van der Waals surface area (Å²) in [5, 5.41) is 3.27. The van der Waals surface area contributed by atoms with E-state index in [1.807, 2.05) is 100 Å². The lowest BCUT2D eigenvalue weighted by Gasteiger charge is -2.23. The van der Waals surface area contributed by atoms with E-state index in [0.29, 0.717) is 22.1 Å². The van der Waals surface area contributed by atoms with Crippen LogP contribution in [0.2, 0.25) is 0 Å². The number of aromatic nitrogens is 2. The van der Waals surface area contributed by atoms with Crippen molar-refractivity contribution in [3.05, 3.63) is 143 Å². The maximum Gasteiger partial charge on any atom is 0.416 e. The molecular weight excluding hydrogens is 615 g/mol. The highest BCUT2D eigenvalue weighted by atomic mass is 19.4. The number of alkyl halides is 3. The summed E-state index contributed by atoms with van der Waals surface area (Å²) in [4.78, 5) is 0. The number of rotatable bonds is 3. The molecule has 0 aliphatic heterocycles. The summed E-state index contributed by atoms with van der Waals surface area (Å²) < 4.78 is 81.0. The van der Waals surface area contributed by atoms with Gasteiger partial charge in [-0.15, -0.1) is 0 Å². The predicted octanol–water partition coefficient (Wildman–Crippen LogP) is 12.1. The molecule has 0 amide bonds. The molecule has 0 saturated carbocycles. The van der Waals surface area contributed by atoms with Gasteiger partial charge in [0.25, 0.3) is 0 Å². The molecule has 2 nitrogen and oxygen atoms in total. The van der Waals surface area contributed by atoms with E-state index in [4.69, 9.17) is 0 Å². The van der Waals surface area contributed by atoms with Gasteiger partial charge in [-0.1, -0.05) is 54.6 Å². The molecular formula is C41H29F5N2. The Bertz CT molecular complexity index is 2330. The van der Waals surface area contributed by atoms with Crippen molar-refractivity contribution < 1.29 is 22.0 Å². The normalized spacial score (nSPS) is 12.3. The lowest BCUT2D eigenvalue weighted by molar-refractivity contribution is -0.137. The third-order valence-corrected chi connectivity index (χ3v) is 9.28. The van der Waals surface area contributed by atoms with Gasteiger partial charge in [-0.3, -0.25) is 0 Å². The van der Waals surface area contributed by atoms with E-state index in [-0.39, 0.29) is 16.9 Å². The molecule has 2 aromatic heterocycles. The molecule has 0 aliphatic rings. The van der Waals surface area contributed by atoms with E-state index in [1.54, 1.807) is 9.13 Å². The Kier molecular flexibility index (Phi) is 6.57. The van der Waals surface area contributed by atoms with Crippen LogP contribution in [0.3, 0.4) is 0 Å². The Hall–Kier alpha value is -5.43. The Morgan fingerprint density at radius 2 is 0.771 bits per heavy atom. The summed E-state index contributed by atoms with van der Waals surface area (Å²) in [5.74, 6) is -1.75. The third kappa shape index (κ3) is 4.52. The van der Waals surface area contributed by atoms with Crippen LogP contribution in [0.4, 0.5) is 22.0 Å². The van der Waals surface area contributed by atoms with Gasteiger partial charge in [0.1, 0.15) is 11.6 Å². The average molecular weight is 645 g/mol. The van der Waals surface area contributed by atoms with E-state index in [1.165, 1.54) is 6.07 Å². The minimum Gasteiger partial charge on any atom is -0.309 e. The topological polar surface area (TPSA) is 9.86 Å². The minimum atomic E-state index is -4.77. The molecule has 0 saturated heterocycles. The molecule has 7 heteroatoms. The van der Waals surface area contributed by atoms with Gasteiger partial charge in [-0.05, 0) is 98.5 Å². The summed E-state index contributed by atoms with van der Waals surface area (Å²) in [6.07, 6.45) is -4.77. The van der Waals surface area contributed by atoms with Crippen molar-refractivity contribution in [3.8, 4) is 22.5 Å². The van der Waals surface area contributed by atoms with Crippen molar-refractivity contribution in [2.45, 2.75) is 33.9 Å². The van der Waals surface area contributed by atoms with E-state index < -0.39 is 28.9 Å². The first-order valence-electron chi connectivity index (χ1n) is 15.6. The highest BCUT2D eigenvalue weighted by molar-refractivity contribution is 6.12. The van der Waals surface area contributed by atoms with Crippen LogP contribution >= 0.6 is 0 Å². The van der Waals surface area contributed by atoms with Crippen molar-refractivity contribution >= 4 is 43.6 Å². The molecule has 2 heterocycles. The molecule has 238 valence electrons. The second-order valence-electron chi connectivity index (χ2n) is 12.7. The number of nitrogens with zero attached hydrogens (tertiary/aromatic N) is 2. The SMILES string of the molecule is Cc1ccc2c3ccc(C)cc3n(-c3cc(C(F)(F)F)cc(-n4c5cc(C)ccc5c5ccc(C)cc54)c3-c3c(F)cccc3F)c2c1. The summed E-state index contributed by atoms with van der Waals surface area (Å²) in [7, 11) is 0. The number of hydrogen-bond acceptors (Lipinski definition) is 0. The van der Waals surface area contributed by atoms with Crippen molar-refractivity contribution in [2.75, 3.05) is 0 Å². The molecule has 0 spiro atoms. The van der Waals surface area contributed by atoms with E-state index in [2.05, 4.69) is 0 Å². The first kappa shape index (κ1) is 29.9. The molecule has 0 aliphatic carbocycles. The maximum atomic E-state index is 16.1. The Balaban J connectivity index is 1.68. The summed E-state index contributed by atoms with van der Waals surface area (Å²) in [6, 6.07) is 28.8. The monoisotopic (exact) mass is 644 g/mol. The summed E-state index contributed by atoms with van der Waals surface area (Å²) in [6.45, 7) is 7.63. The number of benzene rings is 6. The predicted molar refractivity (Wildman–Crippen MR) is 184 cm³/mol. The van der Waals surface area contributed by atoms with Crippen molar-refractivity contribution in [1.82, 2.24) is 9.13 Å². The molecule has 6 aromatic carbocycles. The standard InChI is InChI=1S/C41H29F5N2/c1-22-8-12-27-28-13-9-23(2)17-34(28)47(33(27)16-22)37-20-26(41(44,45)46)21-38(40(37)39-31(42)6-5-7-32(39)43)48-35-18-24(3)10-14-29(35)30-15-11-25(4)19-36(30)48/h5-21H,1-4H3. The van der Waals surface area contributed by atoms with Gasteiger partial charge in [0.05, 0.1) is 44.6 Å². The number of halogens is 5. The fourth-order valence-corrected chi connectivity index (χ4v) is 7.12. The molecule has 0 bridgehead atoms. The summed E-state index contributed by atoms with van der Waals surface area (Å²) >= 11 is 0. The van der Waals surface area contributed by atoms with Gasteiger partial charge in [0.15, 0.2) is 0 Å². The Morgan fingerprint density at radius 1 is 0.438 bits per heavy atom. The highest BCUT2D eigenvalue weighted by Gasteiger charge is 2.35. The van der Waals surface area contributed by atoms with E-state index >= 15 is 22.0 Å². The molecule has 8 rings (SSSR count). The lowest BCUT2D eigenvalue weighted by atomic mass is 9.96. The molecule has 48 heavy (non-hydrogen) atoms. The quantitative estimate of drug-likeness (QED) is 0.169. The zero-order valence-corrected chi connectivity index (χ0v) is 26.6. The number of fused-ring (bicyclic) bond motifs is 6. The smallest absolute Gasteiger partial charge is 0.309 e. The Morgan fingerprint density at radius 3 is 1.08 bits per heavy atom. The lowest BCUT2D eigenvalue weighted by Crippen LogP contribution is -2.12. The average Bonchev–Trinajstić information content (AvgIpc) is 3.50. The van der Waals surface area contributed by atoms with Gasteiger partial charge in [-0.25, -0.2) is 8.78 Å². The number of aryl methyl sites for hydroxylation is 4. The molecule has 0 unspecified atom stereocenters. The van der Waals surface area contributed by atoms with Gasteiger partial charge < -0.3 is 9.13 Å². The zero-order valence-electron chi connectivity index (χ0n) is 26.6. The minimum absolute atomic E-state index is 0.0159. The van der Waals surface area contributed by atoms with Crippen LogP contribution in [-0.2, 0) is 6.18 Å². The number of hydrogen-bond donors (Lipinski definition) is 0.